The van der Waals surface area contributed by atoms with E-state index in [-0.39, 0.29) is 24.9 Å². The van der Waals surface area contributed by atoms with Gasteiger partial charge in [-0.1, -0.05) is 31.2 Å². The highest BCUT2D eigenvalue weighted by Gasteiger charge is 2.36. The van der Waals surface area contributed by atoms with Crippen LogP contribution in [0.4, 0.5) is 5.69 Å². The second-order valence-corrected chi connectivity index (χ2v) is 7.72. The molecule has 1 aromatic heterocycles. The van der Waals surface area contributed by atoms with Crippen LogP contribution < -0.4 is 4.90 Å². The smallest absolute Gasteiger partial charge is 0.311 e. The summed E-state index contributed by atoms with van der Waals surface area (Å²) in [7, 11) is 0. The number of thiazole rings is 1. The molecule has 1 fully saturated rings. The van der Waals surface area contributed by atoms with E-state index in [0.717, 1.165) is 27.3 Å². The van der Waals surface area contributed by atoms with Crippen LogP contribution in [0, 0.1) is 5.92 Å². The summed E-state index contributed by atoms with van der Waals surface area (Å²) < 4.78 is 6.51. The molecule has 4 rings (SSSR count). The number of carbonyl (C=O) groups excluding carboxylic acids is 2. The van der Waals surface area contributed by atoms with Gasteiger partial charge in [0, 0.05) is 18.7 Å². The summed E-state index contributed by atoms with van der Waals surface area (Å²) in [5.74, 6) is -0.811. The molecule has 1 amide bonds. The van der Waals surface area contributed by atoms with Crippen LogP contribution >= 0.6 is 11.3 Å². The van der Waals surface area contributed by atoms with Crippen molar-refractivity contribution in [2.75, 3.05) is 11.4 Å². The first-order valence-corrected chi connectivity index (χ1v) is 9.86. The van der Waals surface area contributed by atoms with Crippen LogP contribution in [0.15, 0.2) is 48.5 Å². The lowest BCUT2D eigenvalue weighted by atomic mass is 10.1. The summed E-state index contributed by atoms with van der Waals surface area (Å²) in [6.45, 7) is 2.60. The van der Waals surface area contributed by atoms with E-state index in [4.69, 9.17) is 4.74 Å². The fraction of sp³-hybridized carbons (Fsp3) is 0.286. The lowest BCUT2D eigenvalue weighted by Gasteiger charge is -2.16. The number of fused-ring (bicyclic) bond motifs is 1. The molecule has 3 aromatic rings. The average molecular weight is 380 g/mol. The predicted molar refractivity (Wildman–Crippen MR) is 106 cm³/mol. The highest BCUT2D eigenvalue weighted by Crippen LogP contribution is 2.27. The van der Waals surface area contributed by atoms with Gasteiger partial charge in [-0.15, -0.1) is 11.3 Å². The van der Waals surface area contributed by atoms with Crippen molar-refractivity contribution in [1.82, 2.24) is 4.98 Å². The highest BCUT2D eigenvalue weighted by atomic mass is 32.1. The Hall–Kier alpha value is -2.73. The number of nitrogens with zero attached hydrogens (tertiary/aromatic N) is 2. The minimum absolute atomic E-state index is 0.0406. The number of aryl methyl sites for hydroxylation is 1. The number of carbonyl (C=O) groups is 2. The van der Waals surface area contributed by atoms with Crippen molar-refractivity contribution in [2.45, 2.75) is 26.4 Å². The first kappa shape index (κ1) is 17.7. The molecule has 138 valence electrons. The molecule has 0 saturated carbocycles. The normalized spacial score (nSPS) is 16.9. The number of esters is 1. The van der Waals surface area contributed by atoms with Crippen LogP contribution in [0.5, 0.6) is 0 Å². The minimum atomic E-state index is -0.433. The number of amides is 1. The summed E-state index contributed by atoms with van der Waals surface area (Å²) in [4.78, 5) is 30.9. The van der Waals surface area contributed by atoms with E-state index in [1.165, 1.54) is 16.9 Å². The maximum atomic E-state index is 12.4. The van der Waals surface area contributed by atoms with Gasteiger partial charge in [0.2, 0.25) is 5.91 Å². The highest BCUT2D eigenvalue weighted by molar-refractivity contribution is 7.18. The Morgan fingerprint density at radius 2 is 2.00 bits per heavy atom. The molecule has 2 heterocycles. The molecule has 2 aromatic carbocycles. The van der Waals surface area contributed by atoms with Crippen molar-refractivity contribution in [3.63, 3.8) is 0 Å². The monoisotopic (exact) mass is 380 g/mol. The van der Waals surface area contributed by atoms with E-state index in [0.29, 0.717) is 6.54 Å². The van der Waals surface area contributed by atoms with Crippen LogP contribution in [0.1, 0.15) is 23.9 Å². The van der Waals surface area contributed by atoms with Gasteiger partial charge in [-0.2, -0.15) is 0 Å². The SMILES string of the molecule is CCc1ccc(N2C[C@@H](C(=O)OCc3nc4ccccc4s3)CC2=O)cc1. The van der Waals surface area contributed by atoms with Gasteiger partial charge in [0.25, 0.3) is 0 Å². The van der Waals surface area contributed by atoms with Crippen molar-refractivity contribution in [3.05, 3.63) is 59.1 Å². The predicted octanol–water partition coefficient (Wildman–Crippen LogP) is 3.96. The molecule has 0 aliphatic carbocycles. The third-order valence-electron chi connectivity index (χ3n) is 4.79. The topological polar surface area (TPSA) is 59.5 Å². The van der Waals surface area contributed by atoms with Crippen molar-refractivity contribution in [2.24, 2.45) is 5.92 Å². The van der Waals surface area contributed by atoms with E-state index < -0.39 is 5.92 Å². The van der Waals surface area contributed by atoms with Crippen molar-refractivity contribution < 1.29 is 14.3 Å². The van der Waals surface area contributed by atoms with Gasteiger partial charge in [-0.3, -0.25) is 9.59 Å². The van der Waals surface area contributed by atoms with Gasteiger partial charge in [0.1, 0.15) is 11.6 Å². The third-order valence-corrected chi connectivity index (χ3v) is 5.80. The van der Waals surface area contributed by atoms with Crippen LogP contribution in [0.3, 0.4) is 0 Å². The Morgan fingerprint density at radius 3 is 2.74 bits per heavy atom. The molecular formula is C21H20N2O3S. The number of benzene rings is 2. The zero-order valence-corrected chi connectivity index (χ0v) is 15.9. The van der Waals surface area contributed by atoms with Gasteiger partial charge in [0.05, 0.1) is 16.1 Å². The molecule has 0 radical (unpaired) electrons. The Kier molecular flexibility index (Phi) is 4.90. The summed E-state index contributed by atoms with van der Waals surface area (Å²) in [5, 5.41) is 0.765. The van der Waals surface area contributed by atoms with Gasteiger partial charge in [-0.05, 0) is 36.2 Å². The van der Waals surface area contributed by atoms with E-state index in [1.54, 1.807) is 4.90 Å². The fourth-order valence-electron chi connectivity index (χ4n) is 3.26. The van der Waals surface area contributed by atoms with Crippen molar-refractivity contribution in [1.29, 1.82) is 0 Å². The largest absolute Gasteiger partial charge is 0.458 e. The molecule has 1 saturated heterocycles. The number of para-hydroxylation sites is 1. The van der Waals surface area contributed by atoms with Crippen LogP contribution in [-0.4, -0.2) is 23.4 Å². The number of ether oxygens (including phenoxy) is 1. The van der Waals surface area contributed by atoms with Crippen LogP contribution in [-0.2, 0) is 27.4 Å². The minimum Gasteiger partial charge on any atom is -0.458 e. The number of anilines is 1. The maximum absolute atomic E-state index is 12.4. The molecule has 0 N–H and O–H groups in total. The zero-order valence-electron chi connectivity index (χ0n) is 15.1. The van der Waals surface area contributed by atoms with Gasteiger partial charge in [-0.25, -0.2) is 4.98 Å². The summed E-state index contributed by atoms with van der Waals surface area (Å²) in [6, 6.07) is 15.7. The van der Waals surface area contributed by atoms with E-state index in [2.05, 4.69) is 11.9 Å². The quantitative estimate of drug-likeness (QED) is 0.629. The zero-order chi connectivity index (χ0) is 18.8. The standard InChI is InChI=1S/C21H20N2O3S/c1-2-14-7-9-16(10-8-14)23-12-15(11-20(23)24)21(25)26-13-19-22-17-5-3-4-6-18(17)27-19/h3-10,15H,2,11-13H2,1H3/t15-/m0/s1. The molecule has 1 atom stereocenters. The van der Waals surface area contributed by atoms with E-state index >= 15 is 0 Å². The van der Waals surface area contributed by atoms with Gasteiger partial charge < -0.3 is 9.64 Å². The molecule has 6 heteroatoms. The molecular weight excluding hydrogens is 360 g/mol. The molecule has 27 heavy (non-hydrogen) atoms. The van der Waals surface area contributed by atoms with Crippen LogP contribution in [0.25, 0.3) is 10.2 Å². The summed E-state index contributed by atoms with van der Waals surface area (Å²) >= 11 is 1.52. The molecule has 0 unspecified atom stereocenters. The summed E-state index contributed by atoms with van der Waals surface area (Å²) in [5.41, 5.74) is 2.96. The van der Waals surface area contributed by atoms with E-state index in [1.807, 2.05) is 48.5 Å². The second-order valence-electron chi connectivity index (χ2n) is 6.61. The number of hydrogen-bond donors (Lipinski definition) is 0. The number of hydrogen-bond acceptors (Lipinski definition) is 5. The Balaban J connectivity index is 1.38. The van der Waals surface area contributed by atoms with Gasteiger partial charge in [0.15, 0.2) is 0 Å². The molecule has 5 nitrogen and oxygen atoms in total. The number of aromatic nitrogens is 1. The summed E-state index contributed by atoms with van der Waals surface area (Å²) in [6.07, 6.45) is 1.14. The van der Waals surface area contributed by atoms with E-state index in [9.17, 15) is 9.59 Å². The van der Waals surface area contributed by atoms with Crippen molar-refractivity contribution >= 4 is 39.1 Å². The Morgan fingerprint density at radius 1 is 1.22 bits per heavy atom. The maximum Gasteiger partial charge on any atom is 0.311 e. The molecule has 1 aliphatic rings. The Labute approximate surface area is 161 Å². The fourth-order valence-corrected chi connectivity index (χ4v) is 4.14. The molecule has 0 bridgehead atoms. The van der Waals surface area contributed by atoms with Gasteiger partial charge >= 0.3 is 5.97 Å². The van der Waals surface area contributed by atoms with Crippen LogP contribution in [0.2, 0.25) is 0 Å². The molecule has 1 aliphatic heterocycles. The Bertz CT molecular complexity index is 948. The lowest BCUT2D eigenvalue weighted by molar-refractivity contribution is -0.149. The first-order valence-electron chi connectivity index (χ1n) is 9.04. The lowest BCUT2D eigenvalue weighted by Crippen LogP contribution is -2.26. The molecule has 0 spiro atoms. The van der Waals surface area contributed by atoms with Crippen molar-refractivity contribution in [3.8, 4) is 0 Å². The number of rotatable bonds is 5. The third kappa shape index (κ3) is 3.71. The first-order chi connectivity index (χ1) is 13.1. The average Bonchev–Trinajstić information content (AvgIpc) is 3.29. The second kappa shape index (κ2) is 7.48.